The van der Waals surface area contributed by atoms with E-state index < -0.39 is 108 Å². The first-order chi connectivity index (χ1) is 33.1. The molecule has 0 saturated carbocycles. The zero-order valence-electron chi connectivity index (χ0n) is 39.2. The fourth-order valence-corrected chi connectivity index (χ4v) is 9.42. The van der Waals surface area contributed by atoms with E-state index in [1.54, 1.807) is 24.7 Å². The third-order valence-electron chi connectivity index (χ3n) is 12.6. The number of hydrogen-bond acceptors (Lipinski definition) is 12. The maximum absolute atomic E-state index is 14.9. The van der Waals surface area contributed by atoms with E-state index in [0.29, 0.717) is 31.4 Å². The molecule has 8 atom stereocenters. The summed E-state index contributed by atoms with van der Waals surface area (Å²) in [6.45, 7) is 3.62. The van der Waals surface area contributed by atoms with Gasteiger partial charge >= 0.3 is 17.1 Å². The molecule has 2 aliphatic heterocycles. The zero-order valence-corrected chi connectivity index (χ0v) is 41.1. The molecule has 20 nitrogen and oxygen atoms in total. The number of thiophene rings is 1. The molecule has 2 aliphatic carbocycles. The molecule has 3 aromatic rings. The third kappa shape index (κ3) is 14.5. The number of primary amides is 2. The number of nitrogens with one attached hydrogen (secondary N) is 5. The molecule has 4 heterocycles. The Kier molecular flexibility index (Phi) is 20.2. The van der Waals surface area contributed by atoms with E-state index >= 15 is 0 Å². The van der Waals surface area contributed by atoms with Crippen molar-refractivity contribution < 1.29 is 55.4 Å². The molecule has 4 aliphatic rings. The van der Waals surface area contributed by atoms with Crippen molar-refractivity contribution in [1.29, 1.82) is 0 Å². The monoisotopic (exact) mass is 1020 g/mol. The van der Waals surface area contributed by atoms with Crippen molar-refractivity contribution >= 4 is 74.3 Å². The molecule has 7 rings (SSSR count). The average Bonchev–Trinajstić information content (AvgIpc) is 4.19. The third-order valence-corrected chi connectivity index (χ3v) is 13.6. The van der Waals surface area contributed by atoms with Gasteiger partial charge < -0.3 is 48.7 Å². The van der Waals surface area contributed by atoms with E-state index in [4.69, 9.17) is 17.2 Å². The van der Waals surface area contributed by atoms with Crippen LogP contribution in [-0.4, -0.2) is 116 Å². The summed E-state index contributed by atoms with van der Waals surface area (Å²) < 4.78 is 2.55. The first-order valence-corrected chi connectivity index (χ1v) is 24.2. The second-order valence-electron chi connectivity index (χ2n) is 17.6. The number of hydrogen-bond donors (Lipinski definition) is 8. The molecule has 70 heavy (non-hydrogen) atoms. The van der Waals surface area contributed by atoms with Gasteiger partial charge in [0.2, 0.25) is 47.3 Å². The first-order valence-electron chi connectivity index (χ1n) is 23.3. The van der Waals surface area contributed by atoms with Gasteiger partial charge in [-0.05, 0) is 66.0 Å². The summed E-state index contributed by atoms with van der Waals surface area (Å²) in [5, 5.41) is 24.9. The van der Waals surface area contributed by atoms with Crippen LogP contribution in [0.3, 0.4) is 0 Å². The van der Waals surface area contributed by atoms with Gasteiger partial charge in [0.15, 0.2) is 0 Å². The van der Waals surface area contributed by atoms with Gasteiger partial charge in [-0.25, -0.2) is 4.68 Å². The van der Waals surface area contributed by atoms with Gasteiger partial charge in [0, 0.05) is 30.6 Å². The second kappa shape index (κ2) is 25.9. The number of carbonyl (C=O) groups is 8. The molecule has 0 unspecified atom stereocenters. The van der Waals surface area contributed by atoms with E-state index in [-0.39, 0.29) is 49.4 Å². The second-order valence-corrected chi connectivity index (χ2v) is 18.6. The summed E-state index contributed by atoms with van der Waals surface area (Å²) >= 11 is 1.47. The van der Waals surface area contributed by atoms with Gasteiger partial charge in [0.05, 0.1) is 31.1 Å². The van der Waals surface area contributed by atoms with Crippen LogP contribution < -0.4 is 43.8 Å². The van der Waals surface area contributed by atoms with E-state index in [0.717, 1.165) is 27.6 Å². The summed E-state index contributed by atoms with van der Waals surface area (Å²) in [5.74, 6) is -6.69. The van der Waals surface area contributed by atoms with Crippen LogP contribution in [0.4, 0.5) is 0 Å². The van der Waals surface area contributed by atoms with Crippen LogP contribution in [0.15, 0.2) is 78.4 Å². The van der Waals surface area contributed by atoms with Gasteiger partial charge in [-0.2, -0.15) is 0 Å². The van der Waals surface area contributed by atoms with Crippen molar-refractivity contribution in [3.8, 4) is 0 Å². The number of benzene rings is 1. The molecule has 22 heteroatoms. The van der Waals surface area contributed by atoms with Crippen LogP contribution >= 0.6 is 11.3 Å². The Hall–Kier alpha value is -6.48. The summed E-state index contributed by atoms with van der Waals surface area (Å²) in [6, 6.07) is -0.810. The van der Waals surface area contributed by atoms with E-state index in [9.17, 15) is 38.4 Å². The van der Waals surface area contributed by atoms with Crippen LogP contribution in [0.5, 0.6) is 0 Å². The summed E-state index contributed by atoms with van der Waals surface area (Å²) in [4.78, 5) is 110. The molecule has 0 spiro atoms. The van der Waals surface area contributed by atoms with Crippen molar-refractivity contribution in [1.82, 2.24) is 46.5 Å². The van der Waals surface area contributed by atoms with Crippen molar-refractivity contribution in [3.05, 3.63) is 89.6 Å². The number of fused-ring (bicyclic) bond motifs is 2. The first kappa shape index (κ1) is 54.5. The number of carbonyl (C=O) groups excluding carboxylic acids is 8. The minimum absolute atomic E-state index is 0. The zero-order chi connectivity index (χ0) is 49.6. The normalized spacial score (nSPS) is 25.3. The minimum Gasteiger partial charge on any atom is -0.370 e. The molecule has 8 amide bonds. The molecule has 374 valence electrons. The molecular weight excluding hydrogens is 961 g/mol. The number of aromatic nitrogens is 3. The van der Waals surface area contributed by atoms with Crippen molar-refractivity contribution in [2.75, 3.05) is 13.1 Å². The fourth-order valence-electron chi connectivity index (χ4n) is 8.45. The topological polar surface area (TPSA) is 309 Å². The Morgan fingerprint density at radius 3 is 2.30 bits per heavy atom. The number of nitrogens with zero attached hydrogens (tertiary/aromatic N) is 4. The molecule has 0 bridgehead atoms. The van der Waals surface area contributed by atoms with Crippen molar-refractivity contribution in [2.45, 2.75) is 120 Å². The molecule has 2 saturated heterocycles. The predicted octanol–water partition coefficient (Wildman–Crippen LogP) is 1.08. The number of amides is 8. The minimum atomic E-state index is -1.57. The van der Waals surface area contributed by atoms with Gasteiger partial charge in [0.25, 0.3) is 0 Å². The Morgan fingerprint density at radius 2 is 1.63 bits per heavy atom. The quantitative estimate of drug-likeness (QED) is 0.140. The van der Waals surface area contributed by atoms with Crippen molar-refractivity contribution in [3.63, 3.8) is 0 Å². The van der Waals surface area contributed by atoms with Crippen LogP contribution in [0.2, 0.25) is 0 Å². The number of nitrogens with two attached hydrogens (primary N) is 3. The Bertz CT molecular complexity index is 2510. The largest absolute Gasteiger partial charge is 2.00 e. The maximum atomic E-state index is 14.9. The molecule has 2 fully saturated rings. The SMILES string of the molecule is C1=CCC=C1.CC[C@H](C)[C@@H]1NC(=O)[C@H](CC(N)=O)NC(=O)[C@@H](N)CC(=O)NCCCC[C@@H](C(N)=O)NC(=O)[C@H](Cc2csc3ccccc23)NC(=O)[C@@H]2C[C@H](n3cc(C4=CC=CC4)nn3)CN2C1=O.[Fe+2]. The summed E-state index contributed by atoms with van der Waals surface area (Å²) in [6.07, 6.45) is 17.9. The molecule has 1 aromatic carbocycles. The van der Waals surface area contributed by atoms with E-state index in [1.165, 1.54) is 16.2 Å². The Morgan fingerprint density at radius 1 is 0.900 bits per heavy atom. The van der Waals surface area contributed by atoms with Crippen molar-refractivity contribution in [2.24, 2.45) is 23.1 Å². The van der Waals surface area contributed by atoms with Gasteiger partial charge in [-0.1, -0.05) is 86.2 Å². The summed E-state index contributed by atoms with van der Waals surface area (Å²) in [7, 11) is 0. The Labute approximate surface area is 420 Å². The molecule has 0 radical (unpaired) electrons. The molecule has 11 N–H and O–H groups in total. The fraction of sp³-hybridized carbons (Fsp3) is 0.458. The standard InChI is InChI=1S/C43H56N12O8S.C5H6.Fe/c1-3-23(2)37-43(63)54-20-26(55-21-32(52-53-55)24-10-4-5-11-24)17-33(54)42(62)50-30(16-25-22-64-34-14-7-6-12-27(25)34)40(60)48-29(38(46)58)13-8-9-15-47-36(57)18-28(44)39(59)49-31(19-35(45)56)41(61)51-37;1-2-4-5-3-1;/h4-7,10,12,14,21-23,26,28-31,33,37H,3,8-9,11,13,15-20,44H2,1-2H3,(H2,45,56)(H2,46,58)(H,47,57)(H,48,60)(H,49,59)(H,50,62)(H,51,61);1-4H,5H2;/q;;+2/t23-,26-,28-,29-,30-,31-,33-,37-;;/m0../s1. The van der Waals surface area contributed by atoms with Gasteiger partial charge in [-0.3, -0.25) is 38.4 Å². The van der Waals surface area contributed by atoms with Crippen LogP contribution in [-0.2, 0) is 61.8 Å². The van der Waals surface area contributed by atoms with E-state index in [2.05, 4.69) is 61.2 Å². The van der Waals surface area contributed by atoms with Gasteiger partial charge in [0.1, 0.15) is 35.9 Å². The molecular formula is C48H62FeN12O8S+2. The Balaban J connectivity index is 0.00000143. The van der Waals surface area contributed by atoms with Crippen LogP contribution in [0, 0.1) is 5.92 Å². The summed E-state index contributed by atoms with van der Waals surface area (Å²) in [5.41, 5.74) is 19.6. The predicted molar refractivity (Wildman–Crippen MR) is 259 cm³/mol. The number of allylic oxidation sites excluding steroid dienone is 8. The van der Waals surface area contributed by atoms with Crippen LogP contribution in [0.25, 0.3) is 15.7 Å². The van der Waals surface area contributed by atoms with Crippen LogP contribution in [0.1, 0.15) is 88.9 Å². The average molecular weight is 1020 g/mol. The smallest absolute Gasteiger partial charge is 0.370 e. The molecule has 2 aromatic heterocycles. The number of rotatable bonds is 9. The van der Waals surface area contributed by atoms with E-state index in [1.807, 2.05) is 47.9 Å². The van der Waals surface area contributed by atoms with Gasteiger partial charge in [-0.15, -0.1) is 16.4 Å². The maximum Gasteiger partial charge on any atom is 2.00 e.